The van der Waals surface area contributed by atoms with Crippen molar-refractivity contribution in [2.75, 3.05) is 0 Å². The molecule has 0 N–H and O–H groups in total. The topological polar surface area (TPSA) is 0 Å². The van der Waals surface area contributed by atoms with Crippen molar-refractivity contribution >= 4 is 37.4 Å². The molecule has 2 heteroatoms. The van der Waals surface area contributed by atoms with Gasteiger partial charge in [-0.15, -0.1) is 11.3 Å². The average Bonchev–Trinajstić information content (AvgIpc) is 2.70. The van der Waals surface area contributed by atoms with E-state index in [4.69, 9.17) is 0 Å². The van der Waals surface area contributed by atoms with Crippen molar-refractivity contribution in [1.29, 1.82) is 0 Å². The Labute approximate surface area is 110 Å². The second kappa shape index (κ2) is 5.83. The summed E-state index contributed by atoms with van der Waals surface area (Å²) in [6, 6.07) is 8.70. The van der Waals surface area contributed by atoms with Gasteiger partial charge in [-0.25, -0.2) is 0 Å². The van der Waals surface area contributed by atoms with E-state index >= 15 is 0 Å². The number of rotatable bonds is 5. The highest BCUT2D eigenvalue weighted by Crippen LogP contribution is 2.27. The molecule has 2 rings (SSSR count). The molecule has 0 nitrogen and oxygen atoms in total. The van der Waals surface area contributed by atoms with Crippen LogP contribution in [0.3, 0.4) is 0 Å². The molecule has 16 heavy (non-hydrogen) atoms. The fraction of sp³-hybridized carbons (Fsp3) is 0.429. The molecule has 0 aliphatic rings. The maximum Gasteiger partial charge on any atom is 0.0345 e. The van der Waals surface area contributed by atoms with E-state index in [1.807, 2.05) is 11.3 Å². The number of benzene rings is 1. The van der Waals surface area contributed by atoms with Crippen LogP contribution in [0.1, 0.15) is 31.7 Å². The highest BCUT2D eigenvalue weighted by Gasteiger charge is 2.06. The Kier molecular flexibility index (Phi) is 4.42. The van der Waals surface area contributed by atoms with Crippen molar-refractivity contribution in [3.8, 4) is 0 Å². The summed E-state index contributed by atoms with van der Waals surface area (Å²) < 4.78 is 1.42. The summed E-state index contributed by atoms with van der Waals surface area (Å²) >= 11 is 5.61. The highest BCUT2D eigenvalue weighted by atomic mass is 79.9. The number of hydrogen-bond donors (Lipinski definition) is 0. The van der Waals surface area contributed by atoms with E-state index in [-0.39, 0.29) is 0 Å². The van der Waals surface area contributed by atoms with Gasteiger partial charge >= 0.3 is 0 Å². The first kappa shape index (κ1) is 12.1. The van der Waals surface area contributed by atoms with Crippen LogP contribution in [0, 0.1) is 0 Å². The SMILES string of the molecule is CCCC(Br)CCc1csc2ccccc12. The second-order valence-corrected chi connectivity index (χ2v) is 6.39. The molecule has 0 spiro atoms. The number of aryl methyl sites for hydroxylation is 1. The first-order chi connectivity index (χ1) is 7.81. The first-order valence-corrected chi connectivity index (χ1v) is 7.70. The van der Waals surface area contributed by atoms with Crippen LogP contribution in [-0.4, -0.2) is 4.83 Å². The highest BCUT2D eigenvalue weighted by molar-refractivity contribution is 9.09. The number of thiophene rings is 1. The Morgan fingerprint density at radius 2 is 2.06 bits per heavy atom. The average molecular weight is 297 g/mol. The maximum absolute atomic E-state index is 3.75. The van der Waals surface area contributed by atoms with Crippen molar-refractivity contribution in [3.63, 3.8) is 0 Å². The Morgan fingerprint density at radius 3 is 2.88 bits per heavy atom. The third-order valence-electron chi connectivity index (χ3n) is 2.89. The molecule has 2 aromatic rings. The van der Waals surface area contributed by atoms with Crippen LogP contribution >= 0.6 is 27.3 Å². The van der Waals surface area contributed by atoms with E-state index in [0.29, 0.717) is 4.83 Å². The van der Waals surface area contributed by atoms with Gasteiger partial charge in [0.1, 0.15) is 0 Å². The lowest BCUT2D eigenvalue weighted by Crippen LogP contribution is -1.98. The largest absolute Gasteiger partial charge is 0.144 e. The van der Waals surface area contributed by atoms with Crippen LogP contribution in [-0.2, 0) is 6.42 Å². The van der Waals surface area contributed by atoms with Crippen LogP contribution in [0.5, 0.6) is 0 Å². The quantitative estimate of drug-likeness (QED) is 0.648. The molecule has 0 radical (unpaired) electrons. The molecule has 0 fully saturated rings. The smallest absolute Gasteiger partial charge is 0.0345 e. The van der Waals surface area contributed by atoms with Gasteiger partial charge in [0.15, 0.2) is 0 Å². The van der Waals surface area contributed by atoms with Gasteiger partial charge < -0.3 is 0 Å². The lowest BCUT2D eigenvalue weighted by molar-refractivity contribution is 0.695. The summed E-state index contributed by atoms with van der Waals surface area (Å²) in [5.74, 6) is 0. The van der Waals surface area contributed by atoms with Gasteiger partial charge in [-0.2, -0.15) is 0 Å². The Balaban J connectivity index is 2.04. The normalized spacial score (nSPS) is 13.1. The van der Waals surface area contributed by atoms with E-state index in [0.717, 1.165) is 0 Å². The lowest BCUT2D eigenvalue weighted by Gasteiger charge is -2.07. The van der Waals surface area contributed by atoms with Gasteiger partial charge in [0.2, 0.25) is 0 Å². The van der Waals surface area contributed by atoms with Gasteiger partial charge in [0.05, 0.1) is 0 Å². The molecule has 0 aliphatic carbocycles. The summed E-state index contributed by atoms with van der Waals surface area (Å²) in [6.07, 6.45) is 4.98. The Morgan fingerprint density at radius 1 is 1.25 bits per heavy atom. The zero-order valence-corrected chi connectivity index (χ0v) is 12.0. The lowest BCUT2D eigenvalue weighted by atomic mass is 10.1. The minimum atomic E-state index is 0.677. The molecule has 1 aromatic heterocycles. The number of halogens is 1. The number of hydrogen-bond acceptors (Lipinski definition) is 1. The third kappa shape index (κ3) is 2.86. The molecule has 0 saturated carbocycles. The second-order valence-electron chi connectivity index (χ2n) is 4.18. The predicted octanol–water partition coefficient (Wildman–Crippen LogP) is 5.40. The zero-order valence-electron chi connectivity index (χ0n) is 9.58. The van der Waals surface area contributed by atoms with E-state index in [1.165, 1.54) is 41.3 Å². The molecule has 0 amide bonds. The minimum absolute atomic E-state index is 0.677. The van der Waals surface area contributed by atoms with Gasteiger partial charge in [0, 0.05) is 9.53 Å². The van der Waals surface area contributed by atoms with Crippen LogP contribution in [0.25, 0.3) is 10.1 Å². The first-order valence-electron chi connectivity index (χ1n) is 5.90. The van der Waals surface area contributed by atoms with Crippen molar-refractivity contribution < 1.29 is 0 Å². The third-order valence-corrected chi connectivity index (χ3v) is 4.82. The summed E-state index contributed by atoms with van der Waals surface area (Å²) in [7, 11) is 0. The van der Waals surface area contributed by atoms with Crippen LogP contribution in [0.4, 0.5) is 0 Å². The molecule has 86 valence electrons. The fourth-order valence-electron chi connectivity index (χ4n) is 2.00. The van der Waals surface area contributed by atoms with Crippen LogP contribution in [0.15, 0.2) is 29.6 Å². The molecular formula is C14H17BrS. The fourth-order valence-corrected chi connectivity index (χ4v) is 3.68. The summed E-state index contributed by atoms with van der Waals surface area (Å²) in [5.41, 5.74) is 1.51. The zero-order chi connectivity index (χ0) is 11.4. The Hall–Kier alpha value is -0.340. The molecule has 0 aliphatic heterocycles. The molecule has 0 saturated heterocycles. The summed E-state index contributed by atoms with van der Waals surface area (Å²) in [5, 5.41) is 3.76. The molecule has 1 atom stereocenters. The monoisotopic (exact) mass is 296 g/mol. The van der Waals surface area contributed by atoms with E-state index < -0.39 is 0 Å². The maximum atomic E-state index is 3.75. The van der Waals surface area contributed by atoms with E-state index in [1.54, 1.807) is 0 Å². The van der Waals surface area contributed by atoms with Crippen molar-refractivity contribution in [2.24, 2.45) is 0 Å². The van der Waals surface area contributed by atoms with Crippen LogP contribution < -0.4 is 0 Å². The van der Waals surface area contributed by atoms with Crippen molar-refractivity contribution in [3.05, 3.63) is 35.2 Å². The van der Waals surface area contributed by atoms with Gasteiger partial charge in [-0.05, 0) is 41.7 Å². The molecule has 1 heterocycles. The standard InChI is InChI=1S/C14H17BrS/c1-2-5-12(15)9-8-11-10-16-14-7-4-3-6-13(11)14/h3-4,6-7,10,12H,2,5,8-9H2,1H3. The number of fused-ring (bicyclic) bond motifs is 1. The molecule has 1 unspecified atom stereocenters. The van der Waals surface area contributed by atoms with Crippen molar-refractivity contribution in [2.45, 2.75) is 37.4 Å². The van der Waals surface area contributed by atoms with Gasteiger partial charge in [-0.3, -0.25) is 0 Å². The molecule has 0 bridgehead atoms. The summed E-state index contributed by atoms with van der Waals surface area (Å²) in [4.78, 5) is 0.677. The molecular weight excluding hydrogens is 280 g/mol. The van der Waals surface area contributed by atoms with Crippen LogP contribution in [0.2, 0.25) is 0 Å². The van der Waals surface area contributed by atoms with E-state index in [9.17, 15) is 0 Å². The minimum Gasteiger partial charge on any atom is -0.144 e. The van der Waals surface area contributed by atoms with E-state index in [2.05, 4.69) is 52.5 Å². The number of alkyl halides is 1. The van der Waals surface area contributed by atoms with Gasteiger partial charge in [-0.1, -0.05) is 47.5 Å². The predicted molar refractivity (Wildman–Crippen MR) is 77.8 cm³/mol. The molecule has 1 aromatic carbocycles. The summed E-state index contributed by atoms with van der Waals surface area (Å²) in [6.45, 7) is 2.24. The van der Waals surface area contributed by atoms with Gasteiger partial charge in [0.25, 0.3) is 0 Å². The van der Waals surface area contributed by atoms with Crippen molar-refractivity contribution in [1.82, 2.24) is 0 Å². The Bertz CT molecular complexity index is 447.